The van der Waals surface area contributed by atoms with Crippen LogP contribution >= 0.6 is 35.0 Å². The smallest absolute Gasteiger partial charge is 0.293 e. The third kappa shape index (κ3) is 5.10. The molecule has 2 amide bonds. The summed E-state index contributed by atoms with van der Waals surface area (Å²) in [6.07, 6.45) is 3.81. The molecule has 28 heavy (non-hydrogen) atoms. The molecule has 0 N–H and O–H groups in total. The molecule has 7 heteroatoms. The van der Waals surface area contributed by atoms with Crippen LogP contribution in [0.25, 0.3) is 6.08 Å². The minimum atomic E-state index is -0.315. The van der Waals surface area contributed by atoms with Crippen molar-refractivity contribution in [1.82, 2.24) is 4.90 Å². The van der Waals surface area contributed by atoms with E-state index in [-0.39, 0.29) is 17.7 Å². The summed E-state index contributed by atoms with van der Waals surface area (Å²) in [6.45, 7) is 2.95. The van der Waals surface area contributed by atoms with Gasteiger partial charge in [0.2, 0.25) is 0 Å². The highest BCUT2D eigenvalue weighted by molar-refractivity contribution is 8.18. The predicted molar refractivity (Wildman–Crippen MR) is 115 cm³/mol. The van der Waals surface area contributed by atoms with Crippen LogP contribution in [-0.4, -0.2) is 22.7 Å². The number of thioether (sulfide) groups is 1. The van der Waals surface area contributed by atoms with Crippen LogP contribution < -0.4 is 4.74 Å². The van der Waals surface area contributed by atoms with E-state index in [4.69, 9.17) is 27.9 Å². The van der Waals surface area contributed by atoms with Crippen molar-refractivity contribution in [2.45, 2.75) is 26.3 Å². The molecule has 2 aromatic carbocycles. The zero-order valence-corrected chi connectivity index (χ0v) is 17.6. The number of rotatable bonds is 7. The average Bonchev–Trinajstić information content (AvgIpc) is 2.94. The lowest BCUT2D eigenvalue weighted by molar-refractivity contribution is -0.123. The molecule has 0 atom stereocenters. The quantitative estimate of drug-likeness (QED) is 0.372. The Hall–Kier alpha value is -1.95. The maximum absolute atomic E-state index is 12.7. The molecule has 1 aliphatic heterocycles. The van der Waals surface area contributed by atoms with Gasteiger partial charge in [0.15, 0.2) is 0 Å². The van der Waals surface area contributed by atoms with Crippen LogP contribution in [0.4, 0.5) is 4.79 Å². The Balaban J connectivity index is 1.69. The second-order valence-corrected chi connectivity index (χ2v) is 8.09. The van der Waals surface area contributed by atoms with Crippen LogP contribution in [0.15, 0.2) is 47.4 Å². The van der Waals surface area contributed by atoms with Crippen LogP contribution in [0.5, 0.6) is 5.75 Å². The van der Waals surface area contributed by atoms with E-state index in [1.807, 2.05) is 24.3 Å². The van der Waals surface area contributed by atoms with Gasteiger partial charge in [0.25, 0.3) is 11.1 Å². The molecule has 4 nitrogen and oxygen atoms in total. The second-order valence-electron chi connectivity index (χ2n) is 6.29. The van der Waals surface area contributed by atoms with Crippen LogP contribution in [0.3, 0.4) is 0 Å². The fourth-order valence-corrected chi connectivity index (χ4v) is 3.76. The lowest BCUT2D eigenvalue weighted by Crippen LogP contribution is -2.27. The topological polar surface area (TPSA) is 46.6 Å². The van der Waals surface area contributed by atoms with E-state index in [9.17, 15) is 9.59 Å². The highest BCUT2D eigenvalue weighted by Crippen LogP contribution is 2.34. The Kier molecular flexibility index (Phi) is 7.05. The fraction of sp³-hybridized carbons (Fsp3) is 0.238. The van der Waals surface area contributed by atoms with Crippen molar-refractivity contribution in [3.63, 3.8) is 0 Å². The van der Waals surface area contributed by atoms with Gasteiger partial charge in [0, 0.05) is 0 Å². The number of carbonyl (C=O) groups excluding carboxylic acids is 2. The highest BCUT2D eigenvalue weighted by Gasteiger charge is 2.35. The monoisotopic (exact) mass is 435 g/mol. The summed E-state index contributed by atoms with van der Waals surface area (Å²) in [7, 11) is 0. The molecule has 0 aromatic heterocycles. The van der Waals surface area contributed by atoms with Crippen molar-refractivity contribution >= 4 is 52.2 Å². The molecule has 1 aliphatic rings. The molecule has 1 saturated heterocycles. The third-order valence-corrected chi connectivity index (χ3v) is 5.79. The van der Waals surface area contributed by atoms with Gasteiger partial charge in [-0.3, -0.25) is 14.5 Å². The van der Waals surface area contributed by atoms with Gasteiger partial charge < -0.3 is 4.74 Å². The third-order valence-electron chi connectivity index (χ3n) is 4.14. The molecule has 0 unspecified atom stereocenters. The Labute approximate surface area is 178 Å². The van der Waals surface area contributed by atoms with Gasteiger partial charge >= 0.3 is 0 Å². The zero-order valence-electron chi connectivity index (χ0n) is 15.3. The number of unbranched alkanes of at least 4 members (excludes halogenated alkanes) is 1. The van der Waals surface area contributed by atoms with Crippen molar-refractivity contribution in [2.75, 3.05) is 6.61 Å². The summed E-state index contributed by atoms with van der Waals surface area (Å²) in [5.41, 5.74) is 1.58. The van der Waals surface area contributed by atoms with E-state index in [0.29, 0.717) is 21.6 Å². The molecule has 0 saturated carbocycles. The van der Waals surface area contributed by atoms with Gasteiger partial charge in [-0.1, -0.05) is 54.7 Å². The van der Waals surface area contributed by atoms with Gasteiger partial charge in [0.1, 0.15) is 5.75 Å². The molecule has 1 fully saturated rings. The van der Waals surface area contributed by atoms with E-state index < -0.39 is 0 Å². The fourth-order valence-electron chi connectivity index (χ4n) is 2.60. The number of hydrogen-bond donors (Lipinski definition) is 0. The van der Waals surface area contributed by atoms with Gasteiger partial charge in [-0.15, -0.1) is 0 Å². The Morgan fingerprint density at radius 2 is 1.82 bits per heavy atom. The number of halogens is 2. The van der Waals surface area contributed by atoms with E-state index in [0.717, 1.165) is 41.5 Å². The van der Waals surface area contributed by atoms with Crippen molar-refractivity contribution in [3.05, 3.63) is 68.5 Å². The van der Waals surface area contributed by atoms with E-state index in [1.54, 1.807) is 24.3 Å². The molecular weight excluding hydrogens is 417 g/mol. The van der Waals surface area contributed by atoms with Crippen molar-refractivity contribution in [3.8, 4) is 5.75 Å². The van der Waals surface area contributed by atoms with Gasteiger partial charge in [-0.2, -0.15) is 0 Å². The standard InChI is InChI=1S/C21H19Cl2NO3S/c1-2-3-10-27-16-7-4-14(5-8-16)12-19-20(25)24(21(26)28-19)13-15-6-9-17(22)18(23)11-15/h4-9,11-12H,2-3,10,13H2,1H3/b19-12-. The summed E-state index contributed by atoms with van der Waals surface area (Å²) >= 11 is 12.9. The average molecular weight is 436 g/mol. The largest absolute Gasteiger partial charge is 0.494 e. The van der Waals surface area contributed by atoms with Crippen LogP contribution in [0.1, 0.15) is 30.9 Å². The maximum atomic E-state index is 12.7. The van der Waals surface area contributed by atoms with Crippen molar-refractivity contribution < 1.29 is 14.3 Å². The summed E-state index contributed by atoms with van der Waals surface area (Å²) in [4.78, 5) is 26.5. The minimum Gasteiger partial charge on any atom is -0.494 e. The minimum absolute atomic E-state index is 0.156. The normalized spacial score (nSPS) is 15.5. The van der Waals surface area contributed by atoms with E-state index in [1.165, 1.54) is 4.90 Å². The summed E-state index contributed by atoms with van der Waals surface area (Å²) in [5.74, 6) is 0.475. The first-order valence-electron chi connectivity index (χ1n) is 8.90. The Morgan fingerprint density at radius 1 is 1.07 bits per heavy atom. The first-order valence-corrected chi connectivity index (χ1v) is 10.5. The van der Waals surface area contributed by atoms with Gasteiger partial charge in [-0.05, 0) is 59.7 Å². The van der Waals surface area contributed by atoms with Crippen LogP contribution in [0, 0.1) is 0 Å². The van der Waals surface area contributed by atoms with Crippen LogP contribution in [-0.2, 0) is 11.3 Å². The highest BCUT2D eigenvalue weighted by atomic mass is 35.5. The molecule has 3 rings (SSSR count). The van der Waals surface area contributed by atoms with E-state index >= 15 is 0 Å². The Morgan fingerprint density at radius 3 is 2.50 bits per heavy atom. The number of hydrogen-bond acceptors (Lipinski definition) is 4. The number of ether oxygens (including phenoxy) is 1. The summed E-state index contributed by atoms with van der Waals surface area (Å²) < 4.78 is 5.64. The lowest BCUT2D eigenvalue weighted by atomic mass is 10.2. The zero-order chi connectivity index (χ0) is 20.1. The number of carbonyl (C=O) groups is 2. The molecule has 0 radical (unpaired) electrons. The molecule has 1 heterocycles. The first-order chi connectivity index (χ1) is 13.5. The summed E-state index contributed by atoms with van der Waals surface area (Å²) in [5, 5.41) is 0.520. The molecule has 0 aliphatic carbocycles. The number of nitrogens with zero attached hydrogens (tertiary/aromatic N) is 1. The predicted octanol–water partition coefficient (Wildman–Crippen LogP) is 6.41. The second kappa shape index (κ2) is 9.50. The molecule has 0 spiro atoms. The van der Waals surface area contributed by atoms with Gasteiger partial charge in [0.05, 0.1) is 28.1 Å². The maximum Gasteiger partial charge on any atom is 0.293 e. The van der Waals surface area contributed by atoms with Crippen molar-refractivity contribution in [1.29, 1.82) is 0 Å². The molecule has 2 aromatic rings. The SMILES string of the molecule is CCCCOc1ccc(/C=C2\SC(=O)N(Cc3ccc(Cl)c(Cl)c3)C2=O)cc1. The molecule has 0 bridgehead atoms. The molecule has 146 valence electrons. The van der Waals surface area contributed by atoms with Crippen molar-refractivity contribution in [2.24, 2.45) is 0 Å². The molecular formula is C21H19Cl2NO3S. The lowest BCUT2D eigenvalue weighted by Gasteiger charge is -2.12. The van der Waals surface area contributed by atoms with E-state index in [2.05, 4.69) is 6.92 Å². The summed E-state index contributed by atoms with van der Waals surface area (Å²) in [6, 6.07) is 12.5. The number of imide groups is 1. The van der Waals surface area contributed by atoms with Gasteiger partial charge in [-0.25, -0.2) is 0 Å². The van der Waals surface area contributed by atoms with Crippen LogP contribution in [0.2, 0.25) is 10.0 Å². The number of amides is 2. The Bertz CT molecular complexity index is 912. The number of benzene rings is 2. The first kappa shape index (κ1) is 20.8.